The first-order chi connectivity index (χ1) is 16.5. The van der Waals surface area contributed by atoms with Crippen molar-refractivity contribution in [1.82, 2.24) is 0 Å². The van der Waals surface area contributed by atoms with Crippen LogP contribution in [0.4, 0.5) is 5.69 Å². The Hall–Kier alpha value is -3.78. The summed E-state index contributed by atoms with van der Waals surface area (Å²) >= 11 is 12.3. The first-order valence-electron chi connectivity index (χ1n) is 10.5. The van der Waals surface area contributed by atoms with Crippen LogP contribution in [0, 0.1) is 18.3 Å². The minimum atomic E-state index is -0.489. The number of fused-ring (bicyclic) bond motifs is 1. The van der Waals surface area contributed by atoms with Crippen LogP contribution in [-0.4, -0.2) is 5.91 Å². The molecule has 1 amide bonds. The molecule has 0 radical (unpaired) electrons. The van der Waals surface area contributed by atoms with Gasteiger partial charge in [-0.3, -0.25) is 4.79 Å². The fourth-order valence-corrected chi connectivity index (χ4v) is 4.00. The fourth-order valence-electron chi connectivity index (χ4n) is 3.54. The number of nitrogens with zero attached hydrogens (tertiary/aromatic N) is 1. The SMILES string of the molecule is Cc1ccccc1NC(=O)/C(C#N)=C/c1c(OCc2ccc(Cl)cc2Cl)ccc2ccccc12. The lowest BCUT2D eigenvalue weighted by molar-refractivity contribution is -0.112. The van der Waals surface area contributed by atoms with Gasteiger partial charge in [0.1, 0.15) is 24.0 Å². The molecule has 0 aromatic heterocycles. The molecule has 0 heterocycles. The van der Waals surface area contributed by atoms with Gasteiger partial charge in [-0.15, -0.1) is 0 Å². The number of anilines is 1. The number of para-hydroxylation sites is 1. The molecule has 4 rings (SSSR count). The van der Waals surface area contributed by atoms with Gasteiger partial charge in [0.25, 0.3) is 5.91 Å². The molecule has 0 atom stereocenters. The zero-order chi connectivity index (χ0) is 24.1. The summed E-state index contributed by atoms with van der Waals surface area (Å²) in [4.78, 5) is 12.9. The maximum absolute atomic E-state index is 12.9. The van der Waals surface area contributed by atoms with E-state index in [9.17, 15) is 10.1 Å². The van der Waals surface area contributed by atoms with Gasteiger partial charge in [-0.25, -0.2) is 0 Å². The van der Waals surface area contributed by atoms with Crippen molar-refractivity contribution in [3.8, 4) is 11.8 Å². The van der Waals surface area contributed by atoms with E-state index < -0.39 is 5.91 Å². The zero-order valence-electron chi connectivity index (χ0n) is 18.3. The van der Waals surface area contributed by atoms with Gasteiger partial charge in [0.2, 0.25) is 0 Å². The van der Waals surface area contributed by atoms with Crippen LogP contribution in [0.1, 0.15) is 16.7 Å². The van der Waals surface area contributed by atoms with Crippen molar-refractivity contribution in [2.24, 2.45) is 0 Å². The number of rotatable bonds is 6. The molecule has 4 aromatic rings. The van der Waals surface area contributed by atoms with Crippen molar-refractivity contribution in [3.63, 3.8) is 0 Å². The highest BCUT2D eigenvalue weighted by atomic mass is 35.5. The van der Waals surface area contributed by atoms with Gasteiger partial charge in [0.05, 0.1) is 0 Å². The van der Waals surface area contributed by atoms with E-state index in [1.165, 1.54) is 0 Å². The Labute approximate surface area is 208 Å². The van der Waals surface area contributed by atoms with Crippen molar-refractivity contribution in [3.05, 3.63) is 111 Å². The molecule has 0 saturated carbocycles. The highest BCUT2D eigenvalue weighted by Crippen LogP contribution is 2.32. The monoisotopic (exact) mass is 486 g/mol. The van der Waals surface area contributed by atoms with Gasteiger partial charge in [-0.1, -0.05) is 77.8 Å². The van der Waals surface area contributed by atoms with Crippen LogP contribution in [0.2, 0.25) is 10.0 Å². The zero-order valence-corrected chi connectivity index (χ0v) is 19.8. The van der Waals surface area contributed by atoms with Crippen LogP contribution in [0.3, 0.4) is 0 Å². The third kappa shape index (κ3) is 5.23. The lowest BCUT2D eigenvalue weighted by atomic mass is 10.0. The Morgan fingerprint density at radius 3 is 2.56 bits per heavy atom. The predicted molar refractivity (Wildman–Crippen MR) is 138 cm³/mol. The van der Waals surface area contributed by atoms with E-state index in [-0.39, 0.29) is 12.2 Å². The van der Waals surface area contributed by atoms with Gasteiger partial charge in [-0.05, 0) is 53.6 Å². The third-order valence-electron chi connectivity index (χ3n) is 5.38. The molecule has 1 N–H and O–H groups in total. The van der Waals surface area contributed by atoms with Gasteiger partial charge < -0.3 is 10.1 Å². The van der Waals surface area contributed by atoms with Crippen LogP contribution in [0.25, 0.3) is 16.8 Å². The van der Waals surface area contributed by atoms with Crippen LogP contribution >= 0.6 is 23.2 Å². The molecule has 0 aliphatic rings. The molecule has 168 valence electrons. The first kappa shape index (κ1) is 23.4. The molecule has 0 aliphatic carbocycles. The second-order valence-corrected chi connectivity index (χ2v) is 8.51. The van der Waals surface area contributed by atoms with E-state index in [4.69, 9.17) is 27.9 Å². The average Bonchev–Trinajstić information content (AvgIpc) is 2.83. The summed E-state index contributed by atoms with van der Waals surface area (Å²) in [5.41, 5.74) is 2.93. The Morgan fingerprint density at radius 1 is 1.03 bits per heavy atom. The van der Waals surface area contributed by atoms with Gasteiger partial charge in [0, 0.05) is 26.9 Å². The van der Waals surface area contributed by atoms with Gasteiger partial charge in [0.15, 0.2) is 0 Å². The molecular formula is C28H20Cl2N2O2. The molecule has 0 aliphatic heterocycles. The van der Waals surface area contributed by atoms with Crippen LogP contribution in [0.15, 0.2) is 84.4 Å². The summed E-state index contributed by atoms with van der Waals surface area (Å²) in [6.07, 6.45) is 1.56. The molecule has 0 fully saturated rings. The number of hydrogen-bond acceptors (Lipinski definition) is 3. The molecule has 6 heteroatoms. The number of hydrogen-bond donors (Lipinski definition) is 1. The summed E-state index contributed by atoms with van der Waals surface area (Å²) in [6.45, 7) is 2.09. The van der Waals surface area contributed by atoms with Crippen molar-refractivity contribution in [2.45, 2.75) is 13.5 Å². The summed E-state index contributed by atoms with van der Waals surface area (Å²) in [5.74, 6) is 0.0394. The predicted octanol–water partition coefficient (Wildman–Crippen LogP) is 7.58. The van der Waals surface area contributed by atoms with Crippen molar-refractivity contribution >= 4 is 51.6 Å². The smallest absolute Gasteiger partial charge is 0.266 e. The number of benzene rings is 4. The molecular weight excluding hydrogens is 467 g/mol. The lowest BCUT2D eigenvalue weighted by Crippen LogP contribution is -2.14. The number of carbonyl (C=O) groups is 1. The summed E-state index contributed by atoms with van der Waals surface area (Å²) < 4.78 is 6.10. The molecule has 0 spiro atoms. The minimum Gasteiger partial charge on any atom is -0.488 e. The Bertz CT molecular complexity index is 1450. The standard InChI is InChI=1S/C28H20Cl2N2O2/c1-18-6-2-5-9-26(18)32-28(33)21(16-31)14-24-23-8-4-3-7-19(23)11-13-27(24)34-17-20-10-12-22(29)15-25(20)30/h2-15H,17H2,1H3,(H,32,33)/b21-14+. The van der Waals surface area contributed by atoms with E-state index in [1.807, 2.05) is 67.6 Å². The molecule has 0 bridgehead atoms. The quantitative estimate of drug-likeness (QED) is 0.225. The molecule has 0 saturated heterocycles. The number of carbonyl (C=O) groups excluding carboxylic acids is 1. The maximum atomic E-state index is 12.9. The Morgan fingerprint density at radius 2 is 1.79 bits per heavy atom. The van der Waals surface area contributed by atoms with Gasteiger partial charge >= 0.3 is 0 Å². The van der Waals surface area contributed by atoms with E-state index in [2.05, 4.69) is 5.32 Å². The maximum Gasteiger partial charge on any atom is 0.266 e. The minimum absolute atomic E-state index is 0.0334. The lowest BCUT2D eigenvalue weighted by Gasteiger charge is -2.14. The summed E-state index contributed by atoms with van der Waals surface area (Å²) in [7, 11) is 0. The van der Waals surface area contributed by atoms with E-state index in [0.29, 0.717) is 27.0 Å². The van der Waals surface area contributed by atoms with E-state index >= 15 is 0 Å². The molecule has 4 aromatic carbocycles. The number of amides is 1. The molecule has 4 nitrogen and oxygen atoms in total. The van der Waals surface area contributed by atoms with Crippen LogP contribution in [-0.2, 0) is 11.4 Å². The molecule has 34 heavy (non-hydrogen) atoms. The second kappa shape index (κ2) is 10.4. The number of halogens is 2. The fraction of sp³-hybridized carbons (Fsp3) is 0.0714. The number of ether oxygens (including phenoxy) is 1. The average molecular weight is 487 g/mol. The topological polar surface area (TPSA) is 62.1 Å². The number of nitrogens with one attached hydrogen (secondary N) is 1. The summed E-state index contributed by atoms with van der Waals surface area (Å²) in [5, 5.41) is 15.5. The van der Waals surface area contributed by atoms with E-state index in [0.717, 1.165) is 21.9 Å². The Balaban J connectivity index is 1.71. The van der Waals surface area contributed by atoms with Crippen molar-refractivity contribution in [1.29, 1.82) is 5.26 Å². The second-order valence-electron chi connectivity index (χ2n) is 7.66. The first-order valence-corrected chi connectivity index (χ1v) is 11.3. The molecule has 0 unspecified atom stereocenters. The highest BCUT2D eigenvalue weighted by Gasteiger charge is 2.15. The summed E-state index contributed by atoms with van der Waals surface area (Å²) in [6, 6.07) is 26.1. The normalized spacial score (nSPS) is 11.2. The number of aryl methyl sites for hydroxylation is 1. The Kier molecular flexibility index (Phi) is 7.18. The third-order valence-corrected chi connectivity index (χ3v) is 5.96. The van der Waals surface area contributed by atoms with Gasteiger partial charge in [-0.2, -0.15) is 5.26 Å². The highest BCUT2D eigenvalue weighted by molar-refractivity contribution is 6.35. The number of nitriles is 1. The largest absolute Gasteiger partial charge is 0.488 e. The van der Waals surface area contributed by atoms with Crippen LogP contribution < -0.4 is 10.1 Å². The van der Waals surface area contributed by atoms with Crippen molar-refractivity contribution < 1.29 is 9.53 Å². The van der Waals surface area contributed by atoms with Crippen molar-refractivity contribution in [2.75, 3.05) is 5.32 Å². The van der Waals surface area contributed by atoms with Crippen LogP contribution in [0.5, 0.6) is 5.75 Å². The van der Waals surface area contributed by atoms with E-state index in [1.54, 1.807) is 30.3 Å².